The highest BCUT2D eigenvalue weighted by molar-refractivity contribution is 5.87. The van der Waals surface area contributed by atoms with Gasteiger partial charge >= 0.3 is 12.1 Å². The van der Waals surface area contributed by atoms with Crippen molar-refractivity contribution in [1.82, 2.24) is 5.32 Å². The molecular weight excluding hydrogens is 271 g/mol. The Kier molecular flexibility index (Phi) is 5.12. The summed E-state index contributed by atoms with van der Waals surface area (Å²) in [6.07, 6.45) is -4.40. The first kappa shape index (κ1) is 15.7. The summed E-state index contributed by atoms with van der Waals surface area (Å²) < 4.78 is 44.6. The largest absolute Gasteiger partial charge is 0.480 e. The number of nitrogens with one attached hydrogen (secondary N) is 1. The van der Waals surface area contributed by atoms with E-state index in [1.807, 2.05) is 0 Å². The molecular formula is C10H14F3NO5. The van der Waals surface area contributed by atoms with Crippen LogP contribution in [0.3, 0.4) is 0 Å². The summed E-state index contributed by atoms with van der Waals surface area (Å²) in [5, 5.41) is 11.3. The van der Waals surface area contributed by atoms with Crippen LogP contribution in [0.15, 0.2) is 0 Å². The lowest BCUT2D eigenvalue weighted by atomic mass is 9.90. The van der Waals surface area contributed by atoms with Crippen molar-refractivity contribution in [1.29, 1.82) is 0 Å². The number of ether oxygens (including phenoxy) is 2. The molecule has 1 fully saturated rings. The van der Waals surface area contributed by atoms with E-state index >= 15 is 0 Å². The fourth-order valence-electron chi connectivity index (χ4n) is 1.67. The zero-order chi connectivity index (χ0) is 14.5. The Labute approximate surface area is 106 Å². The van der Waals surface area contributed by atoms with Crippen LogP contribution >= 0.6 is 0 Å². The number of carboxylic acids is 1. The highest BCUT2D eigenvalue weighted by Crippen LogP contribution is 2.21. The van der Waals surface area contributed by atoms with Gasteiger partial charge in [0.1, 0.15) is 18.8 Å². The molecule has 0 bridgehead atoms. The second-order valence-corrected chi connectivity index (χ2v) is 4.16. The molecule has 0 spiro atoms. The van der Waals surface area contributed by atoms with Gasteiger partial charge in [0.2, 0.25) is 5.91 Å². The summed E-state index contributed by atoms with van der Waals surface area (Å²) in [6, 6.07) is 0. The molecule has 9 heteroatoms. The standard InChI is InChI=1S/C10H14F3NO5/c11-10(12,13)6-19-5-7(15)14-9(8(16)17)1-3-18-4-2-9/h1-6H2,(H,14,15)(H,16,17). The molecule has 0 aromatic carbocycles. The zero-order valence-electron chi connectivity index (χ0n) is 9.96. The van der Waals surface area contributed by atoms with Gasteiger partial charge in [-0.3, -0.25) is 4.79 Å². The first-order valence-corrected chi connectivity index (χ1v) is 5.52. The molecule has 2 N–H and O–H groups in total. The molecule has 6 nitrogen and oxygen atoms in total. The molecule has 1 rings (SSSR count). The number of carbonyl (C=O) groups is 2. The van der Waals surface area contributed by atoms with E-state index in [9.17, 15) is 22.8 Å². The van der Waals surface area contributed by atoms with Crippen molar-refractivity contribution < 1.29 is 37.3 Å². The minimum Gasteiger partial charge on any atom is -0.480 e. The van der Waals surface area contributed by atoms with Gasteiger partial charge in [-0.15, -0.1) is 0 Å². The third-order valence-electron chi connectivity index (χ3n) is 2.63. The lowest BCUT2D eigenvalue weighted by Crippen LogP contribution is -2.58. The number of aliphatic carboxylic acids is 1. The number of hydrogen-bond acceptors (Lipinski definition) is 4. The van der Waals surface area contributed by atoms with Gasteiger partial charge in [0.05, 0.1) is 0 Å². The summed E-state index contributed by atoms with van der Waals surface area (Å²) in [7, 11) is 0. The molecule has 0 aliphatic carbocycles. The minimum absolute atomic E-state index is 0.0628. The van der Waals surface area contributed by atoms with Crippen LogP contribution in [0.4, 0.5) is 13.2 Å². The summed E-state index contributed by atoms with van der Waals surface area (Å²) in [6.45, 7) is -2.06. The van der Waals surface area contributed by atoms with Gasteiger partial charge in [0.25, 0.3) is 0 Å². The number of halogens is 3. The van der Waals surface area contributed by atoms with Crippen LogP contribution in [0.1, 0.15) is 12.8 Å². The van der Waals surface area contributed by atoms with Crippen molar-refractivity contribution in [3.05, 3.63) is 0 Å². The van der Waals surface area contributed by atoms with Crippen LogP contribution in [-0.2, 0) is 19.1 Å². The van der Waals surface area contributed by atoms with Gasteiger partial charge in [-0.1, -0.05) is 0 Å². The topological polar surface area (TPSA) is 84.9 Å². The first-order valence-electron chi connectivity index (χ1n) is 5.52. The number of hydrogen-bond donors (Lipinski definition) is 2. The maximum atomic E-state index is 11.8. The van der Waals surface area contributed by atoms with Gasteiger partial charge < -0.3 is 19.9 Å². The summed E-state index contributed by atoms with van der Waals surface area (Å²) >= 11 is 0. The molecule has 0 atom stereocenters. The van der Waals surface area contributed by atoms with Crippen molar-refractivity contribution >= 4 is 11.9 Å². The number of alkyl halides is 3. The Morgan fingerprint density at radius 3 is 2.37 bits per heavy atom. The van der Waals surface area contributed by atoms with Crippen molar-refractivity contribution in [2.75, 3.05) is 26.4 Å². The quantitative estimate of drug-likeness (QED) is 0.759. The number of amides is 1. The normalized spacial score (nSPS) is 18.9. The molecule has 0 radical (unpaired) electrons. The van der Waals surface area contributed by atoms with Crippen molar-refractivity contribution in [3.8, 4) is 0 Å². The maximum absolute atomic E-state index is 11.8. The third-order valence-corrected chi connectivity index (χ3v) is 2.63. The molecule has 0 aromatic heterocycles. The molecule has 19 heavy (non-hydrogen) atoms. The SMILES string of the molecule is O=C(COCC(F)(F)F)NC1(C(=O)O)CCOCC1. The fraction of sp³-hybridized carbons (Fsp3) is 0.800. The van der Waals surface area contributed by atoms with E-state index in [1.54, 1.807) is 0 Å². The predicted octanol–water partition coefficient (Wildman–Crippen LogP) is 0.315. The Bertz CT molecular complexity index is 339. The summed E-state index contributed by atoms with van der Waals surface area (Å²) in [5.74, 6) is -2.13. The number of carbonyl (C=O) groups excluding carboxylic acids is 1. The van der Waals surface area contributed by atoms with Gasteiger partial charge in [-0.05, 0) is 0 Å². The smallest absolute Gasteiger partial charge is 0.411 e. The van der Waals surface area contributed by atoms with Gasteiger partial charge in [-0.25, -0.2) is 4.79 Å². The van der Waals surface area contributed by atoms with Crippen LogP contribution in [0, 0.1) is 0 Å². The average molecular weight is 285 g/mol. The molecule has 1 amide bonds. The zero-order valence-corrected chi connectivity index (χ0v) is 9.96. The van der Waals surface area contributed by atoms with E-state index in [1.165, 1.54) is 0 Å². The van der Waals surface area contributed by atoms with Crippen molar-refractivity contribution in [2.24, 2.45) is 0 Å². The lowest BCUT2D eigenvalue weighted by Gasteiger charge is -2.33. The molecule has 1 saturated heterocycles. The minimum atomic E-state index is -4.52. The summed E-state index contributed by atoms with van der Waals surface area (Å²) in [4.78, 5) is 22.6. The highest BCUT2D eigenvalue weighted by atomic mass is 19.4. The van der Waals surface area contributed by atoms with Gasteiger partial charge in [-0.2, -0.15) is 13.2 Å². The van der Waals surface area contributed by atoms with E-state index < -0.39 is 36.8 Å². The highest BCUT2D eigenvalue weighted by Gasteiger charge is 2.41. The van der Waals surface area contributed by atoms with Crippen LogP contribution in [-0.4, -0.2) is 55.1 Å². The Balaban J connectivity index is 2.46. The predicted molar refractivity (Wildman–Crippen MR) is 55.4 cm³/mol. The first-order chi connectivity index (χ1) is 8.75. The van der Waals surface area contributed by atoms with Gasteiger partial charge in [0, 0.05) is 26.1 Å². The van der Waals surface area contributed by atoms with E-state index in [2.05, 4.69) is 10.1 Å². The second kappa shape index (κ2) is 6.20. The van der Waals surface area contributed by atoms with E-state index in [0.29, 0.717) is 0 Å². The second-order valence-electron chi connectivity index (χ2n) is 4.16. The lowest BCUT2D eigenvalue weighted by molar-refractivity contribution is -0.177. The van der Waals surface area contributed by atoms with Crippen molar-refractivity contribution in [3.63, 3.8) is 0 Å². The molecule has 0 saturated carbocycles. The molecule has 0 unspecified atom stereocenters. The maximum Gasteiger partial charge on any atom is 0.411 e. The van der Waals surface area contributed by atoms with E-state index in [4.69, 9.17) is 9.84 Å². The van der Waals surface area contributed by atoms with Crippen LogP contribution in [0.2, 0.25) is 0 Å². The monoisotopic (exact) mass is 285 g/mol. The Hall–Kier alpha value is -1.35. The Morgan fingerprint density at radius 1 is 1.32 bits per heavy atom. The molecule has 1 heterocycles. The molecule has 110 valence electrons. The van der Waals surface area contributed by atoms with E-state index in [-0.39, 0.29) is 26.1 Å². The van der Waals surface area contributed by atoms with Crippen LogP contribution < -0.4 is 5.32 Å². The molecule has 1 aliphatic rings. The Morgan fingerprint density at radius 2 is 1.89 bits per heavy atom. The van der Waals surface area contributed by atoms with Crippen LogP contribution in [0.25, 0.3) is 0 Å². The molecule has 0 aromatic rings. The average Bonchev–Trinajstić information content (AvgIpc) is 2.28. The number of carboxylic acid groups (broad SMARTS) is 1. The number of rotatable bonds is 5. The molecule has 1 aliphatic heterocycles. The van der Waals surface area contributed by atoms with Crippen LogP contribution in [0.5, 0.6) is 0 Å². The third kappa shape index (κ3) is 5.03. The fourth-order valence-corrected chi connectivity index (χ4v) is 1.67. The van der Waals surface area contributed by atoms with Gasteiger partial charge in [0.15, 0.2) is 0 Å². The van der Waals surface area contributed by atoms with Crippen molar-refractivity contribution in [2.45, 2.75) is 24.6 Å². The summed E-state index contributed by atoms with van der Waals surface area (Å²) in [5.41, 5.74) is -1.49. The van der Waals surface area contributed by atoms with E-state index in [0.717, 1.165) is 0 Å².